The monoisotopic (exact) mass is 433 g/mol. The number of nitrogens with one attached hydrogen (secondary N) is 1. The maximum absolute atomic E-state index is 6.32. The van der Waals surface area contributed by atoms with Crippen molar-refractivity contribution in [1.82, 2.24) is 19.7 Å². The number of hydrogen-bond donors (Lipinski definition) is 1. The lowest BCUT2D eigenvalue weighted by Crippen LogP contribution is -2.06. The van der Waals surface area contributed by atoms with E-state index in [2.05, 4.69) is 38.6 Å². The number of nitrogens with zero attached hydrogens (tertiary/aromatic N) is 4. The molecular weight excluding hydrogens is 410 g/mol. The van der Waals surface area contributed by atoms with E-state index in [4.69, 9.17) is 16.3 Å². The molecule has 7 heteroatoms. The summed E-state index contributed by atoms with van der Waals surface area (Å²) >= 11 is 6.32. The van der Waals surface area contributed by atoms with Crippen molar-refractivity contribution in [3.8, 4) is 22.9 Å². The first-order chi connectivity index (χ1) is 14.9. The molecule has 2 aromatic heterocycles. The summed E-state index contributed by atoms with van der Waals surface area (Å²) in [6, 6.07) is 18.3. The van der Waals surface area contributed by atoms with Gasteiger partial charge in [0.2, 0.25) is 5.95 Å². The Balaban J connectivity index is 1.57. The number of aromatic nitrogens is 4. The molecule has 0 unspecified atom stereocenters. The second-order valence-corrected chi connectivity index (χ2v) is 8.04. The highest BCUT2D eigenvalue weighted by Gasteiger charge is 2.17. The molecule has 0 fully saturated rings. The first-order valence-corrected chi connectivity index (χ1v) is 10.5. The minimum atomic E-state index is 0.0677. The average Bonchev–Trinajstić information content (AvgIpc) is 3.14. The van der Waals surface area contributed by atoms with E-state index >= 15 is 0 Å². The number of anilines is 2. The largest absolute Gasteiger partial charge is 0.423 e. The van der Waals surface area contributed by atoms with Gasteiger partial charge in [-0.2, -0.15) is 4.98 Å². The second-order valence-electron chi connectivity index (χ2n) is 7.63. The van der Waals surface area contributed by atoms with Gasteiger partial charge in [-0.05, 0) is 74.7 Å². The summed E-state index contributed by atoms with van der Waals surface area (Å²) in [4.78, 5) is 8.80. The molecule has 0 saturated heterocycles. The number of aryl methyl sites for hydroxylation is 2. The minimum Gasteiger partial charge on any atom is -0.423 e. The van der Waals surface area contributed by atoms with Gasteiger partial charge in [-0.25, -0.2) is 4.68 Å². The molecule has 6 nitrogen and oxygen atoms in total. The highest BCUT2D eigenvalue weighted by Crippen LogP contribution is 2.33. The fraction of sp³-hybridized carbons (Fsp3) is 0.208. The minimum absolute atomic E-state index is 0.0677. The predicted molar refractivity (Wildman–Crippen MR) is 124 cm³/mol. The van der Waals surface area contributed by atoms with Gasteiger partial charge in [0.25, 0.3) is 0 Å². The van der Waals surface area contributed by atoms with Crippen LogP contribution in [-0.4, -0.2) is 19.7 Å². The molecule has 0 aliphatic rings. The van der Waals surface area contributed by atoms with Crippen LogP contribution in [0.2, 0.25) is 5.02 Å². The summed E-state index contributed by atoms with van der Waals surface area (Å²) in [5, 5.41) is 8.36. The van der Waals surface area contributed by atoms with E-state index < -0.39 is 0 Å². The first kappa shape index (κ1) is 20.9. The molecule has 158 valence electrons. The summed E-state index contributed by atoms with van der Waals surface area (Å²) < 4.78 is 7.79. The lowest BCUT2D eigenvalue weighted by Gasteiger charge is -2.12. The van der Waals surface area contributed by atoms with Crippen LogP contribution in [0, 0.1) is 13.8 Å². The van der Waals surface area contributed by atoms with Gasteiger partial charge in [-0.1, -0.05) is 35.9 Å². The Kier molecular flexibility index (Phi) is 5.91. The van der Waals surface area contributed by atoms with Crippen molar-refractivity contribution in [1.29, 1.82) is 0 Å². The molecular formula is C24H24ClN5O. The van der Waals surface area contributed by atoms with E-state index in [1.54, 1.807) is 10.7 Å². The third-order valence-corrected chi connectivity index (χ3v) is 5.11. The fourth-order valence-corrected chi connectivity index (χ4v) is 3.47. The van der Waals surface area contributed by atoms with Crippen molar-refractivity contribution in [3.63, 3.8) is 0 Å². The third kappa shape index (κ3) is 4.70. The Morgan fingerprint density at radius 2 is 1.77 bits per heavy atom. The van der Waals surface area contributed by atoms with Crippen LogP contribution in [0.1, 0.15) is 31.1 Å². The molecule has 0 aliphatic carbocycles. The highest BCUT2D eigenvalue weighted by atomic mass is 35.5. The van der Waals surface area contributed by atoms with Gasteiger partial charge in [0, 0.05) is 17.6 Å². The zero-order valence-corrected chi connectivity index (χ0v) is 18.7. The van der Waals surface area contributed by atoms with Crippen molar-refractivity contribution in [2.75, 3.05) is 5.32 Å². The number of ether oxygens (including phenoxy) is 1. The van der Waals surface area contributed by atoms with Gasteiger partial charge < -0.3 is 10.1 Å². The topological polar surface area (TPSA) is 64.9 Å². The molecule has 0 radical (unpaired) electrons. The van der Waals surface area contributed by atoms with Gasteiger partial charge >= 0.3 is 6.01 Å². The van der Waals surface area contributed by atoms with Crippen molar-refractivity contribution in [2.45, 2.75) is 33.7 Å². The van der Waals surface area contributed by atoms with E-state index in [0.717, 1.165) is 28.1 Å². The number of pyridine rings is 1. The summed E-state index contributed by atoms with van der Waals surface area (Å²) in [5.41, 5.74) is 5.06. The van der Waals surface area contributed by atoms with Crippen LogP contribution in [0.3, 0.4) is 0 Å². The molecule has 0 spiro atoms. The molecule has 0 saturated carbocycles. The van der Waals surface area contributed by atoms with Crippen molar-refractivity contribution in [2.24, 2.45) is 0 Å². The summed E-state index contributed by atoms with van der Waals surface area (Å²) in [6.45, 7) is 7.98. The normalized spacial score (nSPS) is 11.0. The van der Waals surface area contributed by atoms with Crippen LogP contribution < -0.4 is 10.1 Å². The Hall–Kier alpha value is -3.38. The highest BCUT2D eigenvalue weighted by molar-refractivity contribution is 6.32. The maximum Gasteiger partial charge on any atom is 0.322 e. The second kappa shape index (κ2) is 8.78. The molecule has 0 bridgehead atoms. The van der Waals surface area contributed by atoms with Gasteiger partial charge in [0.15, 0.2) is 5.75 Å². The lowest BCUT2D eigenvalue weighted by atomic mass is 10.1. The lowest BCUT2D eigenvalue weighted by molar-refractivity contribution is 0.375. The standard InChI is InChI=1S/C24H24ClN5O/c1-15(2)30-24(31-22-16(3)6-5-7-21(22)25)28-23(29-30)27-20-10-8-18(9-11-20)19-12-13-26-17(4)14-19/h5-15H,1-4H3,(H,27,29). The molecule has 0 amide bonds. The fourth-order valence-electron chi connectivity index (χ4n) is 3.21. The van der Waals surface area contributed by atoms with Crippen molar-refractivity contribution >= 4 is 23.2 Å². The number of hydrogen-bond acceptors (Lipinski definition) is 5. The molecule has 0 aliphatic heterocycles. The van der Waals surface area contributed by atoms with Gasteiger partial charge in [0.05, 0.1) is 11.1 Å². The summed E-state index contributed by atoms with van der Waals surface area (Å²) in [6.07, 6.45) is 1.82. The van der Waals surface area contributed by atoms with Crippen molar-refractivity contribution < 1.29 is 4.74 Å². The van der Waals surface area contributed by atoms with E-state index in [9.17, 15) is 0 Å². The molecule has 2 heterocycles. The maximum atomic E-state index is 6.32. The average molecular weight is 434 g/mol. The Morgan fingerprint density at radius 1 is 1.00 bits per heavy atom. The van der Waals surface area contributed by atoms with E-state index in [1.165, 1.54) is 0 Å². The predicted octanol–water partition coefficient (Wildman–Crippen LogP) is 6.73. The Bertz CT molecular complexity index is 1180. The third-order valence-electron chi connectivity index (χ3n) is 4.82. The zero-order valence-electron chi connectivity index (χ0n) is 17.9. The quantitative estimate of drug-likeness (QED) is 0.365. The SMILES string of the molecule is Cc1cc(-c2ccc(Nc3nc(Oc4c(C)cccc4Cl)n(C(C)C)n3)cc2)ccn1. The zero-order chi connectivity index (χ0) is 22.0. The van der Waals surface area contributed by atoms with Crippen molar-refractivity contribution in [3.05, 3.63) is 77.1 Å². The molecule has 1 N–H and O–H groups in total. The first-order valence-electron chi connectivity index (χ1n) is 10.1. The van der Waals surface area contributed by atoms with Gasteiger partial charge in [0.1, 0.15) is 0 Å². The number of rotatable bonds is 6. The number of halogens is 1. The van der Waals surface area contributed by atoms with E-state index in [1.807, 2.05) is 64.2 Å². The van der Waals surface area contributed by atoms with Crippen LogP contribution in [0.25, 0.3) is 11.1 Å². The van der Waals surface area contributed by atoms with Gasteiger partial charge in [-0.15, -0.1) is 5.10 Å². The van der Waals surface area contributed by atoms with Crippen LogP contribution in [0.5, 0.6) is 11.8 Å². The Morgan fingerprint density at radius 3 is 2.45 bits per heavy atom. The molecule has 0 atom stereocenters. The van der Waals surface area contributed by atoms with Crippen LogP contribution in [-0.2, 0) is 0 Å². The molecule has 4 rings (SSSR count). The molecule has 31 heavy (non-hydrogen) atoms. The molecule has 4 aromatic rings. The number of para-hydroxylation sites is 1. The van der Waals surface area contributed by atoms with Crippen LogP contribution >= 0.6 is 11.6 Å². The smallest absolute Gasteiger partial charge is 0.322 e. The van der Waals surface area contributed by atoms with E-state index in [-0.39, 0.29) is 6.04 Å². The van der Waals surface area contributed by atoms with Crippen LogP contribution in [0.15, 0.2) is 60.8 Å². The Labute approximate surface area is 186 Å². The molecule has 2 aromatic carbocycles. The van der Waals surface area contributed by atoms with E-state index in [0.29, 0.717) is 22.7 Å². The summed E-state index contributed by atoms with van der Waals surface area (Å²) in [5.74, 6) is 1.04. The van der Waals surface area contributed by atoms with Gasteiger partial charge in [-0.3, -0.25) is 4.98 Å². The summed E-state index contributed by atoms with van der Waals surface area (Å²) in [7, 11) is 0. The van der Waals surface area contributed by atoms with Crippen LogP contribution in [0.4, 0.5) is 11.6 Å². The number of benzene rings is 2.